The zero-order chi connectivity index (χ0) is 13.1. The number of hydrogen-bond donors (Lipinski definition) is 2. The van der Waals surface area contributed by atoms with Crippen LogP contribution in [0.3, 0.4) is 0 Å². The van der Waals surface area contributed by atoms with Gasteiger partial charge in [0.2, 0.25) is 11.6 Å². The van der Waals surface area contributed by atoms with Gasteiger partial charge in [-0.05, 0) is 45.2 Å². The van der Waals surface area contributed by atoms with Crippen LogP contribution in [0, 0.1) is 3.57 Å². The number of Topliss-reactive ketones (excluding diaryl/α,β-unsaturated/α-hetero) is 2. The summed E-state index contributed by atoms with van der Waals surface area (Å²) in [6.45, 7) is 0. The molecular formula is C10H7IN4O3. The first kappa shape index (κ1) is 12.6. The first-order valence-electron chi connectivity index (χ1n) is 4.87. The standard InChI is InChI=1S/C10H7IN4O3/c11-6-3-1-2-5(9(6)18)7(16)4-8(17)10-12-14-15-13-10/h1-3,18H,4H2,(H,12,13,14,15). The van der Waals surface area contributed by atoms with Crippen LogP contribution < -0.4 is 0 Å². The minimum atomic E-state index is -0.525. The van der Waals surface area contributed by atoms with Crippen LogP contribution >= 0.6 is 22.6 Å². The van der Waals surface area contributed by atoms with Gasteiger partial charge in [-0.25, -0.2) is 5.10 Å². The van der Waals surface area contributed by atoms with E-state index in [-0.39, 0.29) is 17.1 Å². The van der Waals surface area contributed by atoms with Gasteiger partial charge >= 0.3 is 0 Å². The summed E-state index contributed by atoms with van der Waals surface area (Å²) < 4.78 is 0.548. The number of aromatic hydroxyl groups is 1. The normalized spacial score (nSPS) is 10.3. The highest BCUT2D eigenvalue weighted by atomic mass is 127. The zero-order valence-corrected chi connectivity index (χ0v) is 11.1. The number of para-hydroxylation sites is 1. The molecule has 0 atom stereocenters. The molecule has 8 heteroatoms. The SMILES string of the molecule is O=C(CC(=O)c1cccc(I)c1O)c1nnn[nH]1. The fourth-order valence-corrected chi connectivity index (χ4v) is 1.84. The Morgan fingerprint density at radius 2 is 2.11 bits per heavy atom. The molecule has 0 bridgehead atoms. The van der Waals surface area contributed by atoms with Crippen LogP contribution in [0.5, 0.6) is 5.75 Å². The molecule has 0 aliphatic heterocycles. The molecule has 0 aliphatic rings. The summed E-state index contributed by atoms with van der Waals surface area (Å²) in [6, 6.07) is 4.76. The lowest BCUT2D eigenvalue weighted by Crippen LogP contribution is -2.10. The van der Waals surface area contributed by atoms with Gasteiger partial charge in [-0.15, -0.1) is 5.10 Å². The van der Waals surface area contributed by atoms with Gasteiger partial charge in [0, 0.05) is 0 Å². The van der Waals surface area contributed by atoms with Crippen LogP contribution in [0.2, 0.25) is 0 Å². The van der Waals surface area contributed by atoms with Crippen molar-refractivity contribution in [3.8, 4) is 5.75 Å². The summed E-state index contributed by atoms with van der Waals surface area (Å²) >= 11 is 1.90. The van der Waals surface area contributed by atoms with E-state index in [0.29, 0.717) is 3.57 Å². The van der Waals surface area contributed by atoms with Crippen LogP contribution in [0.15, 0.2) is 18.2 Å². The molecule has 18 heavy (non-hydrogen) atoms. The maximum absolute atomic E-state index is 11.9. The van der Waals surface area contributed by atoms with Crippen molar-refractivity contribution < 1.29 is 14.7 Å². The monoisotopic (exact) mass is 358 g/mol. The molecule has 2 rings (SSSR count). The largest absolute Gasteiger partial charge is 0.506 e. The number of H-pyrrole nitrogens is 1. The van der Waals surface area contributed by atoms with Crippen molar-refractivity contribution >= 4 is 34.2 Å². The topological polar surface area (TPSA) is 109 Å². The number of tetrazole rings is 1. The van der Waals surface area contributed by atoms with E-state index < -0.39 is 18.0 Å². The lowest BCUT2D eigenvalue weighted by Gasteiger charge is -2.03. The van der Waals surface area contributed by atoms with Crippen LogP contribution in [-0.2, 0) is 0 Å². The Morgan fingerprint density at radius 1 is 1.33 bits per heavy atom. The summed E-state index contributed by atoms with van der Waals surface area (Å²) in [5.74, 6) is -1.20. The highest BCUT2D eigenvalue weighted by Gasteiger charge is 2.19. The number of ketones is 2. The summed E-state index contributed by atoms with van der Waals surface area (Å²) in [4.78, 5) is 23.5. The lowest BCUT2D eigenvalue weighted by molar-refractivity contribution is 0.0887. The van der Waals surface area contributed by atoms with Crippen LogP contribution in [0.25, 0.3) is 0 Å². The molecule has 0 spiro atoms. The number of carbonyl (C=O) groups is 2. The maximum Gasteiger partial charge on any atom is 0.216 e. The van der Waals surface area contributed by atoms with E-state index in [1.54, 1.807) is 12.1 Å². The van der Waals surface area contributed by atoms with Crippen molar-refractivity contribution in [2.45, 2.75) is 6.42 Å². The summed E-state index contributed by atoms with van der Waals surface area (Å²) in [6.07, 6.45) is -0.398. The van der Waals surface area contributed by atoms with E-state index in [4.69, 9.17) is 0 Å². The Morgan fingerprint density at radius 3 is 2.78 bits per heavy atom. The van der Waals surface area contributed by atoms with E-state index in [0.717, 1.165) is 0 Å². The van der Waals surface area contributed by atoms with Crippen LogP contribution in [-0.4, -0.2) is 37.3 Å². The van der Waals surface area contributed by atoms with E-state index >= 15 is 0 Å². The average Bonchev–Trinajstić information content (AvgIpc) is 2.86. The van der Waals surface area contributed by atoms with Crippen molar-refractivity contribution in [2.24, 2.45) is 0 Å². The van der Waals surface area contributed by atoms with E-state index in [2.05, 4.69) is 20.6 Å². The van der Waals surface area contributed by atoms with E-state index in [1.165, 1.54) is 6.07 Å². The Hall–Kier alpha value is -1.84. The molecule has 1 aromatic carbocycles. The number of benzene rings is 1. The number of hydrogen-bond acceptors (Lipinski definition) is 6. The predicted molar refractivity (Wildman–Crippen MR) is 68.3 cm³/mol. The molecule has 0 unspecified atom stereocenters. The van der Waals surface area contributed by atoms with Crippen molar-refractivity contribution in [2.75, 3.05) is 0 Å². The van der Waals surface area contributed by atoms with Crippen molar-refractivity contribution in [3.63, 3.8) is 0 Å². The molecule has 7 nitrogen and oxygen atoms in total. The van der Waals surface area contributed by atoms with Gasteiger partial charge in [-0.2, -0.15) is 0 Å². The zero-order valence-electron chi connectivity index (χ0n) is 8.92. The van der Waals surface area contributed by atoms with Gasteiger partial charge in [-0.1, -0.05) is 6.07 Å². The molecule has 0 radical (unpaired) electrons. The van der Waals surface area contributed by atoms with Crippen LogP contribution in [0.4, 0.5) is 0 Å². The molecule has 92 valence electrons. The first-order valence-corrected chi connectivity index (χ1v) is 5.95. The predicted octanol–water partition coefficient (Wildman–Crippen LogP) is 0.966. The van der Waals surface area contributed by atoms with E-state index in [9.17, 15) is 14.7 Å². The second kappa shape index (κ2) is 5.21. The molecule has 1 aromatic heterocycles. The number of nitrogens with zero attached hydrogens (tertiary/aromatic N) is 3. The minimum absolute atomic E-state index is 0.0755. The van der Waals surface area contributed by atoms with Crippen LogP contribution in [0.1, 0.15) is 27.4 Å². The quantitative estimate of drug-likeness (QED) is 0.479. The summed E-state index contributed by atoms with van der Waals surface area (Å²) in [5, 5.41) is 21.9. The fraction of sp³-hybridized carbons (Fsp3) is 0.100. The van der Waals surface area contributed by atoms with E-state index in [1.807, 2.05) is 22.6 Å². The second-order valence-electron chi connectivity index (χ2n) is 3.41. The number of aromatic nitrogens is 4. The fourth-order valence-electron chi connectivity index (χ4n) is 1.34. The Bertz CT molecular complexity index is 597. The van der Waals surface area contributed by atoms with Gasteiger partial charge in [0.25, 0.3) is 0 Å². The van der Waals surface area contributed by atoms with Crippen molar-refractivity contribution in [3.05, 3.63) is 33.2 Å². The van der Waals surface area contributed by atoms with Gasteiger partial charge in [-0.3, -0.25) is 9.59 Å². The number of carbonyl (C=O) groups excluding carboxylic acids is 2. The summed E-state index contributed by atoms with van der Waals surface area (Å²) in [5.41, 5.74) is 0.114. The molecule has 2 N–H and O–H groups in total. The van der Waals surface area contributed by atoms with Crippen molar-refractivity contribution in [1.82, 2.24) is 20.6 Å². The highest BCUT2D eigenvalue weighted by Crippen LogP contribution is 2.25. The molecule has 1 heterocycles. The Labute approximate surface area is 115 Å². The number of aromatic amines is 1. The van der Waals surface area contributed by atoms with Gasteiger partial charge in [0.1, 0.15) is 5.75 Å². The van der Waals surface area contributed by atoms with Gasteiger partial charge in [0.05, 0.1) is 15.6 Å². The van der Waals surface area contributed by atoms with Gasteiger partial charge in [0.15, 0.2) is 5.78 Å². The molecular weight excluding hydrogens is 351 g/mol. The Kier molecular flexibility index (Phi) is 3.65. The number of nitrogens with one attached hydrogen (secondary N) is 1. The molecule has 0 saturated heterocycles. The van der Waals surface area contributed by atoms with Gasteiger partial charge < -0.3 is 5.11 Å². The Balaban J connectivity index is 2.18. The minimum Gasteiger partial charge on any atom is -0.506 e. The number of phenols is 1. The number of halogens is 1. The highest BCUT2D eigenvalue weighted by molar-refractivity contribution is 14.1. The second-order valence-corrected chi connectivity index (χ2v) is 4.57. The number of phenolic OH excluding ortho intramolecular Hbond substituents is 1. The first-order chi connectivity index (χ1) is 8.59. The third kappa shape index (κ3) is 2.53. The molecule has 0 amide bonds. The molecule has 0 saturated carbocycles. The average molecular weight is 358 g/mol. The lowest BCUT2D eigenvalue weighted by atomic mass is 10.0. The third-order valence-electron chi connectivity index (χ3n) is 2.22. The number of rotatable bonds is 4. The smallest absolute Gasteiger partial charge is 0.216 e. The van der Waals surface area contributed by atoms with Crippen molar-refractivity contribution in [1.29, 1.82) is 0 Å². The molecule has 2 aromatic rings. The third-order valence-corrected chi connectivity index (χ3v) is 3.09. The summed E-state index contributed by atoms with van der Waals surface area (Å²) in [7, 11) is 0. The maximum atomic E-state index is 11.9. The molecule has 0 aliphatic carbocycles. The molecule has 0 fully saturated rings.